The van der Waals surface area contributed by atoms with Gasteiger partial charge in [-0.1, -0.05) is 0 Å². The predicted octanol–water partition coefficient (Wildman–Crippen LogP) is 2.88. The minimum atomic E-state index is -0.138. The number of aromatic nitrogens is 1. The van der Waals surface area contributed by atoms with E-state index in [9.17, 15) is 4.79 Å². The highest BCUT2D eigenvalue weighted by Gasteiger charge is 2.32. The number of rotatable bonds is 3. The number of halogens is 1. The van der Waals surface area contributed by atoms with E-state index >= 15 is 0 Å². The highest BCUT2D eigenvalue weighted by Crippen LogP contribution is 2.37. The molecule has 5 heteroatoms. The van der Waals surface area contributed by atoms with E-state index in [-0.39, 0.29) is 11.4 Å². The lowest BCUT2D eigenvalue weighted by Gasteiger charge is -2.34. The highest BCUT2D eigenvalue weighted by molar-refractivity contribution is 9.10. The fourth-order valence-electron chi connectivity index (χ4n) is 2.57. The van der Waals surface area contributed by atoms with Crippen molar-refractivity contribution in [2.24, 2.45) is 0 Å². The number of nitrogens with one attached hydrogen (secondary N) is 1. The van der Waals surface area contributed by atoms with Gasteiger partial charge in [0.1, 0.15) is 5.69 Å². The zero-order valence-electron chi connectivity index (χ0n) is 11.1. The Bertz CT molecular complexity index is 488. The Morgan fingerprint density at radius 1 is 1.47 bits per heavy atom. The lowest BCUT2D eigenvalue weighted by Crippen LogP contribution is -2.49. The summed E-state index contributed by atoms with van der Waals surface area (Å²) in [5.41, 5.74) is 0.627. The minimum absolute atomic E-state index is 0.0296. The Labute approximate surface area is 121 Å². The van der Waals surface area contributed by atoms with Gasteiger partial charge in [0.2, 0.25) is 0 Å². The van der Waals surface area contributed by atoms with Crippen LogP contribution in [0.4, 0.5) is 0 Å². The van der Waals surface area contributed by atoms with E-state index in [0.29, 0.717) is 6.04 Å². The van der Waals surface area contributed by atoms with Crippen molar-refractivity contribution in [3.63, 3.8) is 0 Å². The minimum Gasteiger partial charge on any atom is -0.381 e. The molecule has 0 atom stereocenters. The largest absolute Gasteiger partial charge is 0.381 e. The molecule has 0 radical (unpaired) electrons. The zero-order valence-corrected chi connectivity index (χ0v) is 12.7. The van der Waals surface area contributed by atoms with Gasteiger partial charge in [0.05, 0.1) is 0 Å². The summed E-state index contributed by atoms with van der Waals surface area (Å²) in [4.78, 5) is 12.5. The Kier molecular flexibility index (Phi) is 3.43. The van der Waals surface area contributed by atoms with Crippen molar-refractivity contribution in [2.45, 2.75) is 44.2 Å². The summed E-state index contributed by atoms with van der Waals surface area (Å²) >= 11 is 3.47. The maximum atomic E-state index is 12.5. The van der Waals surface area contributed by atoms with Crippen LogP contribution in [0.1, 0.15) is 49.1 Å². The first-order valence-corrected chi connectivity index (χ1v) is 7.64. The number of amides is 1. The van der Waals surface area contributed by atoms with Gasteiger partial charge in [0.25, 0.3) is 5.91 Å². The Hall–Kier alpha value is -0.810. The maximum absolute atomic E-state index is 12.5. The van der Waals surface area contributed by atoms with E-state index in [1.807, 2.05) is 12.3 Å². The van der Waals surface area contributed by atoms with Gasteiger partial charge in [-0.15, -0.1) is 0 Å². The molecule has 1 amide bonds. The van der Waals surface area contributed by atoms with Gasteiger partial charge in [-0.2, -0.15) is 0 Å². The third-order valence-corrected chi connectivity index (χ3v) is 4.43. The van der Waals surface area contributed by atoms with Crippen LogP contribution in [0.2, 0.25) is 0 Å². The van der Waals surface area contributed by atoms with Crippen LogP contribution < -0.4 is 5.32 Å². The van der Waals surface area contributed by atoms with Crippen LogP contribution in [0.5, 0.6) is 0 Å². The molecule has 2 fully saturated rings. The number of carbonyl (C=O) groups excluding carboxylic acids is 1. The smallest absolute Gasteiger partial charge is 0.268 e. The van der Waals surface area contributed by atoms with Crippen molar-refractivity contribution in [3.05, 3.63) is 22.4 Å². The molecular weight excluding hydrogens is 308 g/mol. The third-order valence-electron chi connectivity index (χ3n) is 4.00. The molecule has 104 valence electrons. The second kappa shape index (κ2) is 4.94. The van der Waals surface area contributed by atoms with Crippen LogP contribution in [0.15, 0.2) is 16.7 Å². The number of hydrogen-bond donors (Lipinski definition) is 1. The summed E-state index contributed by atoms with van der Waals surface area (Å²) in [6.45, 7) is 3.56. The van der Waals surface area contributed by atoms with Gasteiger partial charge < -0.3 is 14.6 Å². The molecule has 0 aromatic carbocycles. The second-order valence-corrected chi connectivity index (χ2v) is 6.72. The fraction of sp³-hybridized carbons (Fsp3) is 0.643. The van der Waals surface area contributed by atoms with Crippen LogP contribution >= 0.6 is 15.9 Å². The van der Waals surface area contributed by atoms with Gasteiger partial charge in [-0.3, -0.25) is 4.79 Å². The predicted molar refractivity (Wildman–Crippen MR) is 76.3 cm³/mol. The van der Waals surface area contributed by atoms with Crippen molar-refractivity contribution < 1.29 is 9.53 Å². The fourth-order valence-corrected chi connectivity index (χ4v) is 3.00. The molecule has 1 N–H and O–H groups in total. The molecule has 2 aliphatic rings. The first kappa shape index (κ1) is 13.2. The van der Waals surface area contributed by atoms with Crippen molar-refractivity contribution in [2.75, 3.05) is 13.2 Å². The summed E-state index contributed by atoms with van der Waals surface area (Å²) in [5.74, 6) is 0.0296. The number of nitrogens with zero attached hydrogens (tertiary/aromatic N) is 1. The van der Waals surface area contributed by atoms with Crippen molar-refractivity contribution in [3.8, 4) is 0 Å². The summed E-state index contributed by atoms with van der Waals surface area (Å²) in [5, 5.41) is 3.19. The SMILES string of the molecule is CC1(NC(=O)c2cc(Br)cn2C2CC2)CCOCC1. The topological polar surface area (TPSA) is 43.3 Å². The molecule has 1 aromatic rings. The normalized spacial score (nSPS) is 22.2. The quantitative estimate of drug-likeness (QED) is 0.928. The van der Waals surface area contributed by atoms with Crippen LogP contribution in [-0.4, -0.2) is 29.2 Å². The first-order valence-electron chi connectivity index (χ1n) is 6.85. The van der Waals surface area contributed by atoms with Gasteiger partial charge >= 0.3 is 0 Å². The molecular formula is C14H19BrN2O2. The molecule has 1 saturated heterocycles. The lowest BCUT2D eigenvalue weighted by atomic mass is 9.92. The molecule has 1 aliphatic carbocycles. The number of carbonyl (C=O) groups is 1. The van der Waals surface area contributed by atoms with Crippen molar-refractivity contribution in [1.29, 1.82) is 0 Å². The average Bonchev–Trinajstić information content (AvgIpc) is 3.12. The number of hydrogen-bond acceptors (Lipinski definition) is 2. The monoisotopic (exact) mass is 326 g/mol. The summed E-state index contributed by atoms with van der Waals surface area (Å²) in [6.07, 6.45) is 6.12. The van der Waals surface area contributed by atoms with E-state index in [0.717, 1.165) is 36.2 Å². The molecule has 4 nitrogen and oxygen atoms in total. The maximum Gasteiger partial charge on any atom is 0.268 e. The number of ether oxygens (including phenoxy) is 1. The standard InChI is InChI=1S/C14H19BrN2O2/c1-14(4-6-19-7-5-14)16-13(18)12-8-10(15)9-17(12)11-2-3-11/h8-9,11H,2-7H2,1H3,(H,16,18). The second-order valence-electron chi connectivity index (χ2n) is 5.81. The van der Waals surface area contributed by atoms with Gasteiger partial charge in [-0.05, 0) is 54.6 Å². The summed E-state index contributed by atoms with van der Waals surface area (Å²) in [7, 11) is 0. The molecule has 3 rings (SSSR count). The molecule has 0 bridgehead atoms. The van der Waals surface area contributed by atoms with Crippen LogP contribution in [0.25, 0.3) is 0 Å². The molecule has 19 heavy (non-hydrogen) atoms. The molecule has 1 aliphatic heterocycles. The van der Waals surface area contributed by atoms with Gasteiger partial charge in [0.15, 0.2) is 0 Å². The van der Waals surface area contributed by atoms with E-state index in [4.69, 9.17) is 4.74 Å². The van der Waals surface area contributed by atoms with E-state index in [2.05, 4.69) is 32.7 Å². The van der Waals surface area contributed by atoms with Gasteiger partial charge in [-0.25, -0.2) is 0 Å². The van der Waals surface area contributed by atoms with Gasteiger partial charge in [0, 0.05) is 35.5 Å². The molecule has 1 aromatic heterocycles. The van der Waals surface area contributed by atoms with Crippen molar-refractivity contribution in [1.82, 2.24) is 9.88 Å². The van der Waals surface area contributed by atoms with Crippen LogP contribution in [0, 0.1) is 0 Å². The molecule has 1 saturated carbocycles. The molecule has 0 spiro atoms. The highest BCUT2D eigenvalue weighted by atomic mass is 79.9. The first-order chi connectivity index (χ1) is 9.07. The Balaban J connectivity index is 1.76. The lowest BCUT2D eigenvalue weighted by molar-refractivity contribution is 0.0420. The van der Waals surface area contributed by atoms with E-state index in [1.54, 1.807) is 0 Å². The van der Waals surface area contributed by atoms with Crippen LogP contribution in [0.3, 0.4) is 0 Å². The average molecular weight is 327 g/mol. The zero-order chi connectivity index (χ0) is 13.5. The molecule has 2 heterocycles. The van der Waals surface area contributed by atoms with Crippen LogP contribution in [-0.2, 0) is 4.74 Å². The molecule has 0 unspecified atom stereocenters. The van der Waals surface area contributed by atoms with E-state index < -0.39 is 0 Å². The third kappa shape index (κ3) is 2.87. The summed E-state index contributed by atoms with van der Waals surface area (Å²) < 4.78 is 8.44. The Morgan fingerprint density at radius 3 is 2.79 bits per heavy atom. The van der Waals surface area contributed by atoms with Crippen molar-refractivity contribution >= 4 is 21.8 Å². The van der Waals surface area contributed by atoms with E-state index in [1.165, 1.54) is 12.8 Å². The summed E-state index contributed by atoms with van der Waals surface area (Å²) in [6, 6.07) is 2.42. The Morgan fingerprint density at radius 2 is 2.16 bits per heavy atom.